The van der Waals surface area contributed by atoms with Crippen molar-refractivity contribution in [3.8, 4) is 0 Å². The lowest BCUT2D eigenvalue weighted by Crippen LogP contribution is -2.40. The van der Waals surface area contributed by atoms with E-state index < -0.39 is 0 Å². The van der Waals surface area contributed by atoms with Crippen LogP contribution in [0.25, 0.3) is 11.0 Å². The third-order valence-corrected chi connectivity index (χ3v) is 4.64. The van der Waals surface area contributed by atoms with E-state index >= 15 is 0 Å². The van der Waals surface area contributed by atoms with Crippen LogP contribution in [0.1, 0.15) is 37.9 Å². The summed E-state index contributed by atoms with van der Waals surface area (Å²) < 4.78 is 9.06. The van der Waals surface area contributed by atoms with Crippen LogP contribution in [0.5, 0.6) is 0 Å². The largest absolute Gasteiger partial charge is 0.379 e. The minimum atomic E-state index is -0.125. The molecule has 108 valence electrons. The molecule has 0 aliphatic carbocycles. The Morgan fingerprint density at radius 1 is 1.50 bits per heavy atom. The number of nitrogens with zero attached hydrogens (tertiary/aromatic N) is 2. The van der Waals surface area contributed by atoms with Crippen molar-refractivity contribution in [2.24, 2.45) is 0 Å². The summed E-state index contributed by atoms with van der Waals surface area (Å²) in [5.74, 6) is 0.924. The van der Waals surface area contributed by atoms with Gasteiger partial charge in [-0.05, 0) is 44.9 Å². The Morgan fingerprint density at radius 3 is 2.95 bits per heavy atom. The van der Waals surface area contributed by atoms with Crippen molar-refractivity contribution < 1.29 is 4.74 Å². The molecule has 1 saturated heterocycles. The molecule has 1 aromatic carbocycles. The van der Waals surface area contributed by atoms with Crippen molar-refractivity contribution >= 4 is 38.6 Å². The van der Waals surface area contributed by atoms with Crippen molar-refractivity contribution in [2.75, 3.05) is 13.2 Å². The minimum absolute atomic E-state index is 0.0771. The molecular formula is C15H18BrClN2O. The second-order valence-corrected chi connectivity index (χ2v) is 7.28. The normalized spacial score (nSPS) is 25.0. The summed E-state index contributed by atoms with van der Waals surface area (Å²) >= 11 is 9.91. The highest BCUT2D eigenvalue weighted by molar-refractivity contribution is 9.10. The molecule has 1 fully saturated rings. The Bertz CT molecular complexity index is 632. The number of alkyl halides is 1. The molecule has 2 aromatic rings. The lowest BCUT2D eigenvalue weighted by Gasteiger charge is -2.37. The molecule has 20 heavy (non-hydrogen) atoms. The van der Waals surface area contributed by atoms with E-state index in [4.69, 9.17) is 21.3 Å². The Labute approximate surface area is 132 Å². The van der Waals surface area contributed by atoms with Gasteiger partial charge in [0.25, 0.3) is 0 Å². The fourth-order valence-corrected chi connectivity index (χ4v) is 3.49. The van der Waals surface area contributed by atoms with E-state index in [9.17, 15) is 0 Å². The molecule has 2 unspecified atom stereocenters. The maximum Gasteiger partial charge on any atom is 0.128 e. The van der Waals surface area contributed by atoms with Gasteiger partial charge in [0.2, 0.25) is 0 Å². The molecule has 0 bridgehead atoms. The lowest BCUT2D eigenvalue weighted by atomic mass is 9.94. The maximum absolute atomic E-state index is 6.36. The quantitative estimate of drug-likeness (QED) is 0.733. The second-order valence-electron chi connectivity index (χ2n) is 5.71. The number of rotatable bonds is 2. The van der Waals surface area contributed by atoms with Gasteiger partial charge in [-0.25, -0.2) is 4.98 Å². The zero-order valence-electron chi connectivity index (χ0n) is 11.7. The SMILES string of the molecule is CC(Cl)c1nc2ccc(Br)cc2n1C1(C)CCCOC1. The Kier molecular flexibility index (Phi) is 3.82. The van der Waals surface area contributed by atoms with Gasteiger partial charge in [0.15, 0.2) is 0 Å². The minimum Gasteiger partial charge on any atom is -0.379 e. The number of ether oxygens (including phenoxy) is 1. The summed E-state index contributed by atoms with van der Waals surface area (Å²) in [6, 6.07) is 6.17. The summed E-state index contributed by atoms with van der Waals surface area (Å²) in [7, 11) is 0. The smallest absolute Gasteiger partial charge is 0.128 e. The van der Waals surface area contributed by atoms with Crippen LogP contribution in [0.3, 0.4) is 0 Å². The standard InChI is InChI=1S/C15H18BrClN2O/c1-10(17)14-18-12-5-4-11(16)8-13(12)19(14)15(2)6-3-7-20-9-15/h4-5,8,10H,3,6-7,9H2,1-2H3. The molecule has 2 atom stereocenters. The van der Waals surface area contributed by atoms with E-state index in [1.54, 1.807) is 0 Å². The number of hydrogen-bond acceptors (Lipinski definition) is 2. The molecule has 5 heteroatoms. The Morgan fingerprint density at radius 2 is 2.30 bits per heavy atom. The highest BCUT2D eigenvalue weighted by Crippen LogP contribution is 2.36. The predicted octanol–water partition coefficient (Wildman–Crippen LogP) is 4.62. The highest BCUT2D eigenvalue weighted by Gasteiger charge is 2.34. The van der Waals surface area contributed by atoms with Gasteiger partial charge in [-0.1, -0.05) is 15.9 Å². The number of hydrogen-bond donors (Lipinski definition) is 0. The van der Waals surface area contributed by atoms with Gasteiger partial charge in [0.05, 0.1) is 28.6 Å². The van der Waals surface area contributed by atoms with Gasteiger partial charge in [0.1, 0.15) is 5.82 Å². The van der Waals surface area contributed by atoms with E-state index in [2.05, 4.69) is 33.5 Å². The average molecular weight is 358 g/mol. The topological polar surface area (TPSA) is 27.1 Å². The molecule has 3 nitrogen and oxygen atoms in total. The zero-order chi connectivity index (χ0) is 14.3. The number of imidazole rings is 1. The third kappa shape index (κ3) is 2.38. The van der Waals surface area contributed by atoms with Crippen molar-refractivity contribution in [2.45, 2.75) is 37.6 Å². The predicted molar refractivity (Wildman–Crippen MR) is 85.4 cm³/mol. The van der Waals surface area contributed by atoms with Crippen LogP contribution in [0.4, 0.5) is 0 Å². The molecule has 1 aliphatic heterocycles. The van der Waals surface area contributed by atoms with Crippen molar-refractivity contribution in [1.82, 2.24) is 9.55 Å². The number of aromatic nitrogens is 2. The molecule has 3 rings (SSSR count). The van der Waals surface area contributed by atoms with E-state index in [0.717, 1.165) is 40.8 Å². The first kappa shape index (κ1) is 14.4. The maximum atomic E-state index is 6.36. The first-order chi connectivity index (χ1) is 9.51. The number of halogens is 2. The summed E-state index contributed by atoms with van der Waals surface area (Å²) in [5.41, 5.74) is 2.03. The van der Waals surface area contributed by atoms with Crippen LogP contribution in [0.2, 0.25) is 0 Å². The van der Waals surface area contributed by atoms with Gasteiger partial charge in [-0.15, -0.1) is 11.6 Å². The second kappa shape index (κ2) is 5.32. The molecule has 1 aromatic heterocycles. The van der Waals surface area contributed by atoms with E-state index in [0.29, 0.717) is 6.61 Å². The van der Waals surface area contributed by atoms with Crippen LogP contribution in [0.15, 0.2) is 22.7 Å². The number of benzene rings is 1. The fraction of sp³-hybridized carbons (Fsp3) is 0.533. The van der Waals surface area contributed by atoms with Crippen LogP contribution >= 0.6 is 27.5 Å². The fourth-order valence-electron chi connectivity index (χ4n) is 3.00. The van der Waals surface area contributed by atoms with Gasteiger partial charge < -0.3 is 9.30 Å². The summed E-state index contributed by atoms with van der Waals surface area (Å²) in [4.78, 5) is 4.73. The van der Waals surface area contributed by atoms with Gasteiger partial charge in [-0.2, -0.15) is 0 Å². The third-order valence-electron chi connectivity index (χ3n) is 3.96. The van der Waals surface area contributed by atoms with E-state index in [1.807, 2.05) is 19.1 Å². The number of fused-ring (bicyclic) bond motifs is 1. The van der Waals surface area contributed by atoms with Gasteiger partial charge in [0, 0.05) is 11.1 Å². The van der Waals surface area contributed by atoms with Gasteiger partial charge >= 0.3 is 0 Å². The zero-order valence-corrected chi connectivity index (χ0v) is 14.0. The first-order valence-corrected chi connectivity index (χ1v) is 8.14. The molecule has 1 aliphatic rings. The monoisotopic (exact) mass is 356 g/mol. The van der Waals surface area contributed by atoms with Crippen LogP contribution in [0, 0.1) is 0 Å². The molecule has 0 saturated carbocycles. The van der Waals surface area contributed by atoms with E-state index in [-0.39, 0.29) is 10.9 Å². The molecule has 0 N–H and O–H groups in total. The van der Waals surface area contributed by atoms with Crippen molar-refractivity contribution in [3.63, 3.8) is 0 Å². The molecule has 0 amide bonds. The first-order valence-electron chi connectivity index (χ1n) is 6.91. The van der Waals surface area contributed by atoms with Crippen LogP contribution in [-0.2, 0) is 10.3 Å². The summed E-state index contributed by atoms with van der Waals surface area (Å²) in [5, 5.41) is -0.125. The van der Waals surface area contributed by atoms with Crippen LogP contribution in [-0.4, -0.2) is 22.8 Å². The molecule has 0 spiro atoms. The average Bonchev–Trinajstić information content (AvgIpc) is 2.79. The Hall–Kier alpha value is -0.580. The van der Waals surface area contributed by atoms with E-state index in [1.165, 1.54) is 0 Å². The highest BCUT2D eigenvalue weighted by atomic mass is 79.9. The summed E-state index contributed by atoms with van der Waals surface area (Å²) in [6.07, 6.45) is 2.15. The summed E-state index contributed by atoms with van der Waals surface area (Å²) in [6.45, 7) is 5.76. The Balaban J connectivity index is 2.25. The van der Waals surface area contributed by atoms with Crippen molar-refractivity contribution in [1.29, 1.82) is 0 Å². The lowest BCUT2D eigenvalue weighted by molar-refractivity contribution is 0.0101. The molecular weight excluding hydrogens is 340 g/mol. The molecule has 0 radical (unpaired) electrons. The van der Waals surface area contributed by atoms with Crippen LogP contribution < -0.4 is 0 Å². The molecule has 2 heterocycles. The van der Waals surface area contributed by atoms with Crippen molar-refractivity contribution in [3.05, 3.63) is 28.5 Å². The van der Waals surface area contributed by atoms with Gasteiger partial charge in [-0.3, -0.25) is 0 Å².